The Hall–Kier alpha value is -3.44. The van der Waals surface area contributed by atoms with E-state index in [9.17, 15) is 14.0 Å². The Morgan fingerprint density at radius 1 is 0.862 bits per heavy atom. The molecule has 3 aromatic rings. The number of nitrogens with one attached hydrogen (secondary N) is 1. The van der Waals surface area contributed by atoms with Crippen molar-refractivity contribution in [2.24, 2.45) is 0 Å². The van der Waals surface area contributed by atoms with Gasteiger partial charge in [-0.15, -0.1) is 0 Å². The van der Waals surface area contributed by atoms with Crippen LogP contribution in [0.2, 0.25) is 5.02 Å². The van der Waals surface area contributed by atoms with E-state index >= 15 is 0 Å². The Morgan fingerprint density at radius 3 is 2.24 bits per heavy atom. The van der Waals surface area contributed by atoms with Crippen LogP contribution in [0.15, 0.2) is 78.5 Å². The van der Waals surface area contributed by atoms with Crippen molar-refractivity contribution in [1.82, 2.24) is 0 Å². The smallest absolute Gasteiger partial charge is 0.282 e. The predicted molar refractivity (Wildman–Crippen MR) is 112 cm³/mol. The van der Waals surface area contributed by atoms with Crippen LogP contribution in [0.25, 0.3) is 5.57 Å². The molecule has 1 aliphatic heterocycles. The molecule has 1 heterocycles. The molecule has 3 aromatic carbocycles. The third-order valence-corrected chi connectivity index (χ3v) is 5.17. The van der Waals surface area contributed by atoms with E-state index < -0.39 is 17.6 Å². The van der Waals surface area contributed by atoms with Gasteiger partial charge in [-0.1, -0.05) is 48.0 Å². The quantitative estimate of drug-likeness (QED) is 0.607. The van der Waals surface area contributed by atoms with Crippen molar-refractivity contribution in [2.45, 2.75) is 6.92 Å². The minimum atomic E-state index is -0.486. The first-order valence-electron chi connectivity index (χ1n) is 8.93. The fraction of sp³-hybridized carbons (Fsp3) is 0.0435. The molecule has 4 nitrogen and oxygen atoms in total. The van der Waals surface area contributed by atoms with Gasteiger partial charge < -0.3 is 5.32 Å². The zero-order chi connectivity index (χ0) is 20.5. The number of hydrogen-bond donors (Lipinski definition) is 1. The minimum absolute atomic E-state index is 0.121. The van der Waals surface area contributed by atoms with Crippen LogP contribution in [-0.2, 0) is 9.59 Å². The number of carbonyl (C=O) groups excluding carboxylic acids is 2. The Morgan fingerprint density at radius 2 is 1.55 bits per heavy atom. The number of halogens is 2. The first-order valence-corrected chi connectivity index (χ1v) is 9.31. The van der Waals surface area contributed by atoms with Crippen molar-refractivity contribution in [3.63, 3.8) is 0 Å². The van der Waals surface area contributed by atoms with Crippen molar-refractivity contribution in [1.29, 1.82) is 0 Å². The van der Waals surface area contributed by atoms with E-state index in [0.29, 0.717) is 22.0 Å². The third-order valence-electron chi connectivity index (χ3n) is 4.76. The normalized spacial score (nSPS) is 14.0. The molecule has 0 bridgehead atoms. The van der Waals surface area contributed by atoms with Gasteiger partial charge in [0.05, 0.1) is 11.3 Å². The fourth-order valence-corrected chi connectivity index (χ4v) is 3.39. The SMILES string of the molecule is Cc1c(Cl)cccc1NC1=C(c2ccc(F)cc2)C(=O)N(c2ccccc2)C1=O. The summed E-state index contributed by atoms with van der Waals surface area (Å²) in [5.41, 5.74) is 2.57. The monoisotopic (exact) mass is 406 g/mol. The summed E-state index contributed by atoms with van der Waals surface area (Å²) >= 11 is 6.20. The molecule has 0 aliphatic carbocycles. The molecule has 0 aromatic heterocycles. The molecule has 6 heteroatoms. The molecule has 29 heavy (non-hydrogen) atoms. The number of hydrogen-bond acceptors (Lipinski definition) is 3. The molecule has 4 rings (SSSR count). The van der Waals surface area contributed by atoms with Gasteiger partial charge in [-0.3, -0.25) is 9.59 Å². The van der Waals surface area contributed by atoms with Crippen LogP contribution in [0, 0.1) is 12.7 Å². The topological polar surface area (TPSA) is 49.4 Å². The van der Waals surface area contributed by atoms with Gasteiger partial charge in [-0.05, 0) is 54.4 Å². The van der Waals surface area contributed by atoms with Gasteiger partial charge in [0.2, 0.25) is 0 Å². The van der Waals surface area contributed by atoms with Crippen LogP contribution in [0.5, 0.6) is 0 Å². The van der Waals surface area contributed by atoms with Gasteiger partial charge in [-0.2, -0.15) is 0 Å². The zero-order valence-electron chi connectivity index (χ0n) is 15.4. The second-order valence-electron chi connectivity index (χ2n) is 6.58. The number of rotatable bonds is 4. The van der Waals surface area contributed by atoms with Gasteiger partial charge >= 0.3 is 0 Å². The number of amides is 2. The van der Waals surface area contributed by atoms with Gasteiger partial charge in [-0.25, -0.2) is 9.29 Å². The minimum Gasteiger partial charge on any atom is -0.350 e. The standard InChI is InChI=1S/C23H16ClFN2O2/c1-14-18(24)8-5-9-19(14)26-21-20(15-10-12-16(25)13-11-15)22(28)27(23(21)29)17-6-3-2-4-7-17/h2-13,26H,1H3. The molecule has 0 fully saturated rings. The van der Waals surface area contributed by atoms with Crippen molar-refractivity contribution >= 4 is 40.4 Å². The summed E-state index contributed by atoms with van der Waals surface area (Å²) in [4.78, 5) is 27.6. The summed E-state index contributed by atoms with van der Waals surface area (Å²) in [5.74, 6) is -1.39. The molecule has 0 radical (unpaired) electrons. The number of nitrogens with zero attached hydrogens (tertiary/aromatic N) is 1. The van der Waals surface area contributed by atoms with Crippen LogP contribution in [0.1, 0.15) is 11.1 Å². The van der Waals surface area contributed by atoms with Gasteiger partial charge in [0.25, 0.3) is 11.8 Å². The van der Waals surface area contributed by atoms with Gasteiger partial charge in [0, 0.05) is 10.7 Å². The summed E-state index contributed by atoms with van der Waals surface area (Å²) in [6.07, 6.45) is 0. The van der Waals surface area contributed by atoms with E-state index in [4.69, 9.17) is 11.6 Å². The number of carbonyl (C=O) groups is 2. The third kappa shape index (κ3) is 3.41. The van der Waals surface area contributed by atoms with Crippen LogP contribution < -0.4 is 10.2 Å². The average Bonchev–Trinajstić information content (AvgIpc) is 2.96. The maximum atomic E-state index is 13.4. The highest BCUT2D eigenvalue weighted by molar-refractivity contribution is 6.46. The zero-order valence-corrected chi connectivity index (χ0v) is 16.2. The predicted octanol–water partition coefficient (Wildman–Crippen LogP) is 5.18. The number of anilines is 2. The number of para-hydroxylation sites is 1. The van der Waals surface area contributed by atoms with Crippen molar-refractivity contribution in [2.75, 3.05) is 10.2 Å². The molecular formula is C23H16ClFN2O2. The second-order valence-corrected chi connectivity index (χ2v) is 6.98. The molecule has 144 valence electrons. The summed E-state index contributed by atoms with van der Waals surface area (Å²) in [5, 5.41) is 3.62. The van der Waals surface area contributed by atoms with E-state index in [1.165, 1.54) is 24.3 Å². The molecule has 0 saturated heterocycles. The average molecular weight is 407 g/mol. The first-order chi connectivity index (χ1) is 14.0. The summed E-state index contributed by atoms with van der Waals surface area (Å²) < 4.78 is 13.4. The highest BCUT2D eigenvalue weighted by Gasteiger charge is 2.40. The molecule has 0 atom stereocenters. The highest BCUT2D eigenvalue weighted by atomic mass is 35.5. The molecule has 2 amide bonds. The highest BCUT2D eigenvalue weighted by Crippen LogP contribution is 2.35. The summed E-state index contributed by atoms with van der Waals surface area (Å²) in [6.45, 7) is 1.82. The maximum Gasteiger partial charge on any atom is 0.282 e. The largest absolute Gasteiger partial charge is 0.350 e. The molecular weight excluding hydrogens is 391 g/mol. The van der Waals surface area contributed by atoms with E-state index in [2.05, 4.69) is 5.32 Å². The molecule has 1 N–H and O–H groups in total. The first kappa shape index (κ1) is 18.9. The lowest BCUT2D eigenvalue weighted by Crippen LogP contribution is -2.32. The number of imide groups is 1. The second kappa shape index (κ2) is 7.53. The Bertz CT molecular complexity index is 1140. The van der Waals surface area contributed by atoms with Crippen LogP contribution in [0.4, 0.5) is 15.8 Å². The molecule has 0 spiro atoms. The number of benzene rings is 3. The Balaban J connectivity index is 1.85. The van der Waals surface area contributed by atoms with Crippen molar-refractivity contribution in [3.8, 4) is 0 Å². The van der Waals surface area contributed by atoms with Crippen LogP contribution in [-0.4, -0.2) is 11.8 Å². The van der Waals surface area contributed by atoms with E-state index in [1.807, 2.05) is 6.92 Å². The Kier molecular flexibility index (Phi) is 4.91. The van der Waals surface area contributed by atoms with Gasteiger partial charge in [0.1, 0.15) is 11.5 Å². The molecule has 0 saturated carbocycles. The maximum absolute atomic E-state index is 13.4. The fourth-order valence-electron chi connectivity index (χ4n) is 3.22. The lowest BCUT2D eigenvalue weighted by molar-refractivity contribution is -0.120. The summed E-state index contributed by atoms with van der Waals surface area (Å²) in [6, 6.07) is 19.4. The lowest BCUT2D eigenvalue weighted by atomic mass is 10.0. The van der Waals surface area contributed by atoms with E-state index in [0.717, 1.165) is 10.5 Å². The summed E-state index contributed by atoms with van der Waals surface area (Å²) in [7, 11) is 0. The van der Waals surface area contributed by atoms with E-state index in [1.54, 1.807) is 48.5 Å². The molecule has 1 aliphatic rings. The lowest BCUT2D eigenvalue weighted by Gasteiger charge is -2.15. The van der Waals surface area contributed by atoms with Crippen LogP contribution >= 0.6 is 11.6 Å². The van der Waals surface area contributed by atoms with Crippen LogP contribution in [0.3, 0.4) is 0 Å². The molecule has 0 unspecified atom stereocenters. The van der Waals surface area contributed by atoms with Crippen molar-refractivity contribution in [3.05, 3.63) is 100 Å². The van der Waals surface area contributed by atoms with E-state index in [-0.39, 0.29) is 11.3 Å². The van der Waals surface area contributed by atoms with Gasteiger partial charge in [0.15, 0.2) is 0 Å². The Labute approximate surface area is 172 Å². The van der Waals surface area contributed by atoms with Crippen molar-refractivity contribution < 1.29 is 14.0 Å².